The van der Waals surface area contributed by atoms with Crippen LogP contribution < -0.4 is 0 Å². The van der Waals surface area contributed by atoms with Crippen molar-refractivity contribution in [2.24, 2.45) is 0 Å². The van der Waals surface area contributed by atoms with E-state index in [1.54, 1.807) is 6.07 Å². The molecule has 0 saturated carbocycles. The Kier molecular flexibility index (Phi) is 6.00. The number of pyridine rings is 1. The third-order valence-corrected chi connectivity index (χ3v) is 3.28. The summed E-state index contributed by atoms with van der Waals surface area (Å²) in [6.45, 7) is 11.9. The number of aromatic nitrogens is 1. The summed E-state index contributed by atoms with van der Waals surface area (Å²) in [6.07, 6.45) is 1.91. The summed E-state index contributed by atoms with van der Waals surface area (Å²) in [5.41, 5.74) is 1.36. The fourth-order valence-electron chi connectivity index (χ4n) is 2.04. The third-order valence-electron chi connectivity index (χ3n) is 3.08. The predicted molar refractivity (Wildman–Crippen MR) is 84.4 cm³/mol. The van der Waals surface area contributed by atoms with E-state index < -0.39 is 0 Å². The van der Waals surface area contributed by atoms with Crippen LogP contribution in [0.5, 0.6) is 0 Å². The van der Waals surface area contributed by atoms with Crippen molar-refractivity contribution >= 4 is 17.5 Å². The van der Waals surface area contributed by atoms with Gasteiger partial charge in [-0.25, -0.2) is 4.98 Å². The molecule has 3 nitrogen and oxygen atoms in total. The summed E-state index contributed by atoms with van der Waals surface area (Å²) in [5, 5.41) is 0.383. The number of halogens is 1. The molecule has 1 heterocycles. The lowest BCUT2D eigenvalue weighted by Gasteiger charge is -2.23. The van der Waals surface area contributed by atoms with Gasteiger partial charge in [0.05, 0.1) is 0 Å². The van der Waals surface area contributed by atoms with E-state index in [4.69, 9.17) is 11.6 Å². The Hall–Kier alpha value is -1.09. The van der Waals surface area contributed by atoms with Crippen LogP contribution in [-0.2, 0) is 5.41 Å². The second-order valence-electron chi connectivity index (χ2n) is 6.11. The number of carbonyl (C=O) groups is 1. The van der Waals surface area contributed by atoms with Crippen molar-refractivity contribution < 1.29 is 4.79 Å². The number of amides is 1. The van der Waals surface area contributed by atoms with Gasteiger partial charge in [0.15, 0.2) is 0 Å². The molecule has 0 unspecified atom stereocenters. The Labute approximate surface area is 127 Å². The third kappa shape index (κ3) is 4.48. The fourth-order valence-corrected chi connectivity index (χ4v) is 2.25. The average molecular weight is 297 g/mol. The van der Waals surface area contributed by atoms with Crippen molar-refractivity contribution in [2.45, 2.75) is 52.9 Å². The predicted octanol–water partition coefficient (Wildman–Crippen LogP) is 4.29. The van der Waals surface area contributed by atoms with Crippen LogP contribution >= 0.6 is 11.6 Å². The molecule has 0 N–H and O–H groups in total. The van der Waals surface area contributed by atoms with E-state index in [9.17, 15) is 4.79 Å². The monoisotopic (exact) mass is 296 g/mol. The van der Waals surface area contributed by atoms with E-state index in [1.807, 2.05) is 11.0 Å². The van der Waals surface area contributed by atoms with Gasteiger partial charge in [-0.1, -0.05) is 46.2 Å². The standard InChI is InChI=1S/C16H25ClN2O/c1-6-8-19(9-7-2)15(20)12-10-13(16(3,4)5)18-14(17)11-12/h10-11H,6-9H2,1-5H3. The van der Waals surface area contributed by atoms with E-state index >= 15 is 0 Å². The molecule has 1 amide bonds. The van der Waals surface area contributed by atoms with E-state index in [-0.39, 0.29) is 11.3 Å². The molecule has 0 fully saturated rings. The highest BCUT2D eigenvalue weighted by atomic mass is 35.5. The van der Waals surface area contributed by atoms with Crippen LogP contribution in [0.1, 0.15) is 63.5 Å². The van der Waals surface area contributed by atoms with Gasteiger partial charge in [-0.15, -0.1) is 0 Å². The normalized spacial score (nSPS) is 11.5. The molecule has 0 radical (unpaired) electrons. The maximum absolute atomic E-state index is 12.6. The van der Waals surface area contributed by atoms with Crippen LogP contribution in [0.3, 0.4) is 0 Å². The molecule has 20 heavy (non-hydrogen) atoms. The minimum atomic E-state index is -0.125. The van der Waals surface area contributed by atoms with Gasteiger partial charge in [0.1, 0.15) is 5.15 Å². The van der Waals surface area contributed by atoms with Crippen molar-refractivity contribution in [2.75, 3.05) is 13.1 Å². The lowest BCUT2D eigenvalue weighted by molar-refractivity contribution is 0.0755. The van der Waals surface area contributed by atoms with Crippen LogP contribution in [0.15, 0.2) is 12.1 Å². The highest BCUT2D eigenvalue weighted by Crippen LogP contribution is 2.24. The Bertz CT molecular complexity index is 460. The lowest BCUT2D eigenvalue weighted by atomic mass is 9.90. The zero-order valence-corrected chi connectivity index (χ0v) is 13.9. The SMILES string of the molecule is CCCN(CCC)C(=O)c1cc(Cl)nc(C(C)(C)C)c1. The summed E-state index contributed by atoms with van der Waals surface area (Å²) in [4.78, 5) is 18.8. The first-order chi connectivity index (χ1) is 9.29. The number of hydrogen-bond acceptors (Lipinski definition) is 2. The van der Waals surface area contributed by atoms with Gasteiger partial charge >= 0.3 is 0 Å². The number of hydrogen-bond donors (Lipinski definition) is 0. The van der Waals surface area contributed by atoms with Crippen LogP contribution in [0.2, 0.25) is 5.15 Å². The van der Waals surface area contributed by atoms with Crippen molar-refractivity contribution in [3.05, 3.63) is 28.5 Å². The van der Waals surface area contributed by atoms with Gasteiger partial charge in [0.2, 0.25) is 0 Å². The van der Waals surface area contributed by atoms with Crippen LogP contribution in [-0.4, -0.2) is 28.9 Å². The van der Waals surface area contributed by atoms with Crippen molar-refractivity contribution in [1.29, 1.82) is 0 Å². The molecule has 0 aliphatic heterocycles. The Morgan fingerprint density at radius 3 is 2.20 bits per heavy atom. The smallest absolute Gasteiger partial charge is 0.254 e. The molecule has 112 valence electrons. The van der Waals surface area contributed by atoms with E-state index in [1.165, 1.54) is 0 Å². The number of carbonyl (C=O) groups excluding carboxylic acids is 1. The quantitative estimate of drug-likeness (QED) is 0.759. The second kappa shape index (κ2) is 7.07. The van der Waals surface area contributed by atoms with Crippen molar-refractivity contribution in [3.8, 4) is 0 Å². The molecular weight excluding hydrogens is 272 g/mol. The summed E-state index contributed by atoms with van der Waals surface area (Å²) in [6, 6.07) is 3.53. The van der Waals surface area contributed by atoms with Crippen LogP contribution in [0.4, 0.5) is 0 Å². The first-order valence-corrected chi connectivity index (χ1v) is 7.64. The van der Waals surface area contributed by atoms with Gasteiger partial charge < -0.3 is 4.90 Å². The van der Waals surface area contributed by atoms with Gasteiger partial charge in [-0.05, 0) is 25.0 Å². The Morgan fingerprint density at radius 1 is 1.20 bits per heavy atom. The van der Waals surface area contributed by atoms with Gasteiger partial charge in [0.25, 0.3) is 5.91 Å². The molecule has 0 aliphatic rings. The minimum absolute atomic E-state index is 0.0449. The highest BCUT2D eigenvalue weighted by molar-refractivity contribution is 6.29. The molecular formula is C16H25ClN2O. The number of nitrogens with zero attached hydrogens (tertiary/aromatic N) is 2. The first kappa shape index (κ1) is 17.0. The second-order valence-corrected chi connectivity index (χ2v) is 6.49. The molecule has 1 rings (SSSR count). The topological polar surface area (TPSA) is 33.2 Å². The Balaban J connectivity index is 3.11. The summed E-state index contributed by atoms with van der Waals surface area (Å²) in [7, 11) is 0. The molecule has 0 atom stereocenters. The zero-order chi connectivity index (χ0) is 15.3. The molecule has 0 bridgehead atoms. The molecule has 0 aromatic carbocycles. The summed E-state index contributed by atoms with van der Waals surface area (Å²) >= 11 is 6.08. The van der Waals surface area contributed by atoms with Gasteiger partial charge in [-0.3, -0.25) is 4.79 Å². The fraction of sp³-hybridized carbons (Fsp3) is 0.625. The summed E-state index contributed by atoms with van der Waals surface area (Å²) < 4.78 is 0. The van der Waals surface area contributed by atoms with Gasteiger partial charge in [-0.2, -0.15) is 0 Å². The van der Waals surface area contributed by atoms with E-state index in [0.717, 1.165) is 31.6 Å². The van der Waals surface area contributed by atoms with Crippen molar-refractivity contribution in [3.63, 3.8) is 0 Å². The maximum Gasteiger partial charge on any atom is 0.254 e. The van der Waals surface area contributed by atoms with Crippen LogP contribution in [0.25, 0.3) is 0 Å². The largest absolute Gasteiger partial charge is 0.339 e. The zero-order valence-electron chi connectivity index (χ0n) is 13.2. The molecule has 1 aromatic rings. The minimum Gasteiger partial charge on any atom is -0.339 e. The Morgan fingerprint density at radius 2 is 1.75 bits per heavy atom. The molecule has 4 heteroatoms. The first-order valence-electron chi connectivity index (χ1n) is 7.27. The van der Waals surface area contributed by atoms with Gasteiger partial charge in [0, 0.05) is 29.8 Å². The molecule has 1 aromatic heterocycles. The molecule has 0 aliphatic carbocycles. The van der Waals surface area contributed by atoms with E-state index in [0.29, 0.717) is 10.7 Å². The van der Waals surface area contributed by atoms with E-state index in [2.05, 4.69) is 39.6 Å². The highest BCUT2D eigenvalue weighted by Gasteiger charge is 2.21. The van der Waals surface area contributed by atoms with Crippen LogP contribution in [0, 0.1) is 0 Å². The van der Waals surface area contributed by atoms with Crippen molar-refractivity contribution in [1.82, 2.24) is 9.88 Å². The maximum atomic E-state index is 12.6. The lowest BCUT2D eigenvalue weighted by Crippen LogP contribution is -2.32. The number of rotatable bonds is 5. The molecule has 0 spiro atoms. The average Bonchev–Trinajstić information content (AvgIpc) is 2.36. The molecule has 0 saturated heterocycles. The summed E-state index contributed by atoms with van der Waals surface area (Å²) in [5.74, 6) is 0.0449.